The van der Waals surface area contributed by atoms with E-state index in [0.29, 0.717) is 16.7 Å². The van der Waals surface area contributed by atoms with Gasteiger partial charge in [-0.2, -0.15) is 0 Å². The molecular formula is C11H14N4O3. The Bertz CT molecular complexity index is 656. The van der Waals surface area contributed by atoms with Crippen LogP contribution in [-0.4, -0.2) is 22.5 Å². The number of aryl methyl sites for hydroxylation is 1. The molecule has 2 rings (SSSR count). The molecule has 0 radical (unpaired) electrons. The van der Waals surface area contributed by atoms with Crippen molar-refractivity contribution in [1.82, 2.24) is 9.58 Å². The Kier molecular flexibility index (Phi) is 2.93. The number of rotatable bonds is 2. The number of fused-ring (bicyclic) bond motifs is 1. The second-order valence-electron chi connectivity index (χ2n) is 4.08. The van der Waals surface area contributed by atoms with E-state index < -0.39 is 17.7 Å². The number of carbonyl (C=O) groups excluding carboxylic acids is 1. The highest BCUT2D eigenvalue weighted by molar-refractivity contribution is 5.84. The third-order valence-corrected chi connectivity index (χ3v) is 2.79. The summed E-state index contributed by atoms with van der Waals surface area (Å²) in [5.74, 6) is 4.48. The van der Waals surface area contributed by atoms with Crippen molar-refractivity contribution in [2.75, 3.05) is 7.05 Å². The molecule has 2 aromatic rings. The van der Waals surface area contributed by atoms with Crippen LogP contribution in [0.1, 0.15) is 11.6 Å². The summed E-state index contributed by atoms with van der Waals surface area (Å²) in [7, 11) is 3.01. The van der Waals surface area contributed by atoms with Crippen LogP contribution in [0.15, 0.2) is 27.4 Å². The number of hydrogen-bond acceptors (Lipinski definition) is 5. The van der Waals surface area contributed by atoms with Gasteiger partial charge in [0.2, 0.25) is 0 Å². The van der Waals surface area contributed by atoms with Crippen LogP contribution in [0.5, 0.6) is 0 Å². The molecule has 7 heteroatoms. The second kappa shape index (κ2) is 4.28. The van der Waals surface area contributed by atoms with E-state index in [9.17, 15) is 9.59 Å². The maximum absolute atomic E-state index is 11.7. The van der Waals surface area contributed by atoms with E-state index in [-0.39, 0.29) is 0 Å². The third-order valence-electron chi connectivity index (χ3n) is 2.79. The van der Waals surface area contributed by atoms with Crippen LogP contribution < -0.4 is 17.3 Å². The van der Waals surface area contributed by atoms with Crippen molar-refractivity contribution in [3.8, 4) is 0 Å². The summed E-state index contributed by atoms with van der Waals surface area (Å²) in [5, 5.41) is 0.934. The predicted octanol–water partition coefficient (Wildman–Crippen LogP) is -0.537. The van der Waals surface area contributed by atoms with Crippen molar-refractivity contribution in [1.29, 1.82) is 0 Å². The van der Waals surface area contributed by atoms with Gasteiger partial charge < -0.3 is 10.2 Å². The zero-order chi connectivity index (χ0) is 13.4. The largest absolute Gasteiger partial charge is 0.419 e. The monoisotopic (exact) mass is 250 g/mol. The summed E-state index contributed by atoms with van der Waals surface area (Å²) >= 11 is 0. The average Bonchev–Trinajstić information content (AvgIpc) is 2.63. The fourth-order valence-electron chi connectivity index (χ4n) is 1.70. The number of hydrogen-bond donors (Lipinski definition) is 2. The number of benzene rings is 1. The van der Waals surface area contributed by atoms with Gasteiger partial charge in [0.25, 0.3) is 5.91 Å². The third kappa shape index (κ3) is 1.89. The maximum Gasteiger partial charge on any atom is 0.419 e. The first kappa shape index (κ1) is 12.3. The summed E-state index contributed by atoms with van der Waals surface area (Å²) < 4.78 is 6.34. The average molecular weight is 250 g/mol. The Morgan fingerprint density at radius 2 is 2.17 bits per heavy atom. The van der Waals surface area contributed by atoms with Crippen LogP contribution in [0.2, 0.25) is 0 Å². The second-order valence-corrected chi connectivity index (χ2v) is 4.08. The van der Waals surface area contributed by atoms with Crippen LogP contribution >= 0.6 is 0 Å². The molecule has 96 valence electrons. The highest BCUT2D eigenvalue weighted by atomic mass is 16.4. The molecular weight excluding hydrogens is 236 g/mol. The molecule has 0 aliphatic carbocycles. The molecule has 0 aliphatic rings. The number of oxazole rings is 1. The molecule has 0 spiro atoms. The first-order valence-corrected chi connectivity index (χ1v) is 5.29. The lowest BCUT2D eigenvalue weighted by Gasteiger charge is -2.16. The number of aromatic nitrogens is 1. The molecule has 1 aromatic heterocycles. The van der Waals surface area contributed by atoms with E-state index in [0.717, 1.165) is 5.01 Å². The van der Waals surface area contributed by atoms with Gasteiger partial charge in [-0.05, 0) is 17.7 Å². The predicted molar refractivity (Wildman–Crippen MR) is 65.3 cm³/mol. The van der Waals surface area contributed by atoms with Gasteiger partial charge in [0.1, 0.15) is 6.04 Å². The minimum atomic E-state index is -0.866. The van der Waals surface area contributed by atoms with Gasteiger partial charge in [-0.3, -0.25) is 14.4 Å². The lowest BCUT2D eigenvalue weighted by Crippen LogP contribution is -2.40. The van der Waals surface area contributed by atoms with E-state index in [1.54, 1.807) is 25.2 Å². The van der Waals surface area contributed by atoms with Crippen molar-refractivity contribution < 1.29 is 9.21 Å². The van der Waals surface area contributed by atoms with Gasteiger partial charge in [0.05, 0.1) is 5.52 Å². The molecule has 0 saturated heterocycles. The molecule has 1 amide bonds. The molecule has 7 nitrogen and oxygen atoms in total. The molecule has 0 aliphatic heterocycles. The smallest absolute Gasteiger partial charge is 0.408 e. The minimum absolute atomic E-state index is 0.414. The highest BCUT2D eigenvalue weighted by Crippen LogP contribution is 2.19. The van der Waals surface area contributed by atoms with Crippen molar-refractivity contribution in [3.05, 3.63) is 34.3 Å². The van der Waals surface area contributed by atoms with E-state index >= 15 is 0 Å². The fourth-order valence-corrected chi connectivity index (χ4v) is 1.70. The van der Waals surface area contributed by atoms with E-state index in [2.05, 4.69) is 0 Å². The van der Waals surface area contributed by atoms with Gasteiger partial charge in [0.15, 0.2) is 5.58 Å². The molecule has 18 heavy (non-hydrogen) atoms. The molecule has 0 saturated carbocycles. The Hall–Kier alpha value is -2.12. The Balaban J connectivity index is 2.50. The summed E-state index contributed by atoms with van der Waals surface area (Å²) in [5.41, 5.74) is 7.40. The Labute approximate surface area is 103 Å². The molecule has 1 aromatic carbocycles. The first-order valence-electron chi connectivity index (χ1n) is 5.29. The van der Waals surface area contributed by atoms with E-state index in [1.807, 2.05) is 0 Å². The van der Waals surface area contributed by atoms with Crippen molar-refractivity contribution in [3.63, 3.8) is 0 Å². The van der Waals surface area contributed by atoms with E-state index in [1.165, 1.54) is 11.6 Å². The number of hydrazine groups is 1. The zero-order valence-corrected chi connectivity index (χ0v) is 10.1. The van der Waals surface area contributed by atoms with Crippen LogP contribution in [-0.2, 0) is 11.8 Å². The number of nitrogens with two attached hydrogens (primary N) is 2. The van der Waals surface area contributed by atoms with Gasteiger partial charge in [-0.1, -0.05) is 6.07 Å². The Morgan fingerprint density at radius 1 is 1.50 bits per heavy atom. The van der Waals surface area contributed by atoms with Crippen molar-refractivity contribution in [2.45, 2.75) is 6.04 Å². The molecule has 0 bridgehead atoms. The number of carbonyl (C=O) groups is 1. The van der Waals surface area contributed by atoms with Gasteiger partial charge in [0, 0.05) is 14.1 Å². The number of nitrogens with zero attached hydrogens (tertiary/aromatic N) is 2. The first-order chi connectivity index (χ1) is 8.41. The van der Waals surface area contributed by atoms with Crippen LogP contribution in [0.3, 0.4) is 0 Å². The lowest BCUT2D eigenvalue weighted by atomic mass is 10.1. The van der Waals surface area contributed by atoms with Gasteiger partial charge in [-0.25, -0.2) is 10.6 Å². The standard InChI is InChI=1S/C11H14N4O3/c1-14-7-5-6(9(12)10(16)15(2)13)3-4-8(7)18-11(14)17/h3-5,9H,12-13H2,1-2H3. The number of amides is 1. The quantitative estimate of drug-likeness (QED) is 0.423. The van der Waals surface area contributed by atoms with Crippen molar-refractivity contribution in [2.24, 2.45) is 18.6 Å². The molecule has 1 heterocycles. The van der Waals surface area contributed by atoms with Crippen LogP contribution in [0.4, 0.5) is 0 Å². The molecule has 1 unspecified atom stereocenters. The summed E-state index contributed by atoms with van der Waals surface area (Å²) in [6.07, 6.45) is 0. The number of likely N-dealkylation sites (N-methyl/N-ethyl adjacent to an activating group) is 1. The van der Waals surface area contributed by atoms with E-state index in [4.69, 9.17) is 16.0 Å². The summed E-state index contributed by atoms with van der Waals surface area (Å²) in [6, 6.07) is 4.02. The molecule has 0 fully saturated rings. The van der Waals surface area contributed by atoms with Gasteiger partial charge >= 0.3 is 5.76 Å². The molecule has 4 N–H and O–H groups in total. The van der Waals surface area contributed by atoms with Gasteiger partial charge in [-0.15, -0.1) is 0 Å². The zero-order valence-electron chi connectivity index (χ0n) is 10.1. The van der Waals surface area contributed by atoms with Crippen LogP contribution in [0, 0.1) is 0 Å². The maximum atomic E-state index is 11.7. The fraction of sp³-hybridized carbons (Fsp3) is 0.273. The SMILES string of the molecule is CN(N)C(=O)C(N)c1ccc2oc(=O)n(C)c2c1. The highest BCUT2D eigenvalue weighted by Gasteiger charge is 2.19. The minimum Gasteiger partial charge on any atom is -0.408 e. The Morgan fingerprint density at radius 3 is 2.78 bits per heavy atom. The summed E-state index contributed by atoms with van der Waals surface area (Å²) in [4.78, 5) is 23.0. The van der Waals surface area contributed by atoms with Crippen LogP contribution in [0.25, 0.3) is 11.1 Å². The van der Waals surface area contributed by atoms with Crippen molar-refractivity contribution >= 4 is 17.0 Å². The molecule has 1 atom stereocenters. The normalized spacial score (nSPS) is 12.7. The topological polar surface area (TPSA) is 107 Å². The summed E-state index contributed by atoms with van der Waals surface area (Å²) in [6.45, 7) is 0. The lowest BCUT2D eigenvalue weighted by molar-refractivity contribution is -0.131.